The average molecular weight is 430 g/mol. The van der Waals surface area contributed by atoms with Gasteiger partial charge in [-0.2, -0.15) is 0 Å². The van der Waals surface area contributed by atoms with Crippen LogP contribution >= 0.6 is 7.82 Å². The number of H-pyrrole nitrogens is 1. The molecular formula is C17H17F2N2O7P. The van der Waals surface area contributed by atoms with E-state index in [1.165, 1.54) is 31.3 Å². The first-order chi connectivity index (χ1) is 13.8. The van der Waals surface area contributed by atoms with Crippen LogP contribution in [0.4, 0.5) is 8.78 Å². The molecule has 0 spiro atoms. The molecule has 1 aromatic carbocycles. The van der Waals surface area contributed by atoms with Gasteiger partial charge in [-0.15, -0.1) is 0 Å². The van der Waals surface area contributed by atoms with E-state index in [2.05, 4.69) is 4.98 Å². The van der Waals surface area contributed by atoms with Crippen molar-refractivity contribution in [2.24, 2.45) is 0 Å². The zero-order valence-corrected chi connectivity index (χ0v) is 16.0. The third kappa shape index (κ3) is 3.96. The van der Waals surface area contributed by atoms with Gasteiger partial charge in [-0.25, -0.2) is 18.1 Å². The lowest BCUT2D eigenvalue weighted by Gasteiger charge is -2.30. The molecule has 1 aromatic heterocycles. The first kappa shape index (κ1) is 20.1. The third-order valence-electron chi connectivity index (χ3n) is 4.61. The van der Waals surface area contributed by atoms with Crippen molar-refractivity contribution in [3.63, 3.8) is 0 Å². The summed E-state index contributed by atoms with van der Waals surface area (Å²) in [5.74, 6) is -0.493. The zero-order valence-electron chi connectivity index (χ0n) is 15.1. The van der Waals surface area contributed by atoms with E-state index in [0.717, 1.165) is 4.57 Å². The molecule has 29 heavy (non-hydrogen) atoms. The summed E-state index contributed by atoms with van der Waals surface area (Å²) in [7, 11) is -4.14. The maximum atomic E-state index is 15.0. The Labute approximate surface area is 162 Å². The Morgan fingerprint density at radius 3 is 2.93 bits per heavy atom. The highest BCUT2D eigenvalue weighted by molar-refractivity contribution is 7.48. The van der Waals surface area contributed by atoms with Gasteiger partial charge in [0.15, 0.2) is 12.4 Å². The molecule has 156 valence electrons. The molecule has 4 rings (SSSR count). The second-order valence-electron chi connectivity index (χ2n) is 6.70. The SMILES string of the molecule is Cc1cn([C@H]2O[C@H]3COP(=O)(OCc4cccc(F)c4)O[C@@H]3[C@H]2F)c(=O)[nH]c1=O. The van der Waals surface area contributed by atoms with E-state index in [-0.39, 0.29) is 18.8 Å². The minimum Gasteiger partial charge on any atom is -0.346 e. The average Bonchev–Trinajstić information content (AvgIpc) is 2.99. The molecule has 2 aliphatic heterocycles. The van der Waals surface area contributed by atoms with Gasteiger partial charge in [-0.05, 0) is 24.6 Å². The first-order valence-electron chi connectivity index (χ1n) is 8.69. The van der Waals surface area contributed by atoms with Gasteiger partial charge >= 0.3 is 13.5 Å². The van der Waals surface area contributed by atoms with Crippen molar-refractivity contribution in [2.75, 3.05) is 6.61 Å². The third-order valence-corrected chi connectivity index (χ3v) is 6.03. The van der Waals surface area contributed by atoms with Crippen molar-refractivity contribution in [3.05, 3.63) is 68.2 Å². The standard InChI is InChI=1S/C17H17F2N2O7P/c1-9-6-21(17(23)20-15(9)22)16-13(19)14-12(27-16)8-26-29(24,28-14)25-7-10-3-2-4-11(18)5-10/h2-6,12-14,16H,7-8H2,1H3,(H,20,22,23)/t12-,13+,14-,16-,29?/m0/s1. The molecule has 2 aromatic rings. The number of alkyl halides is 1. The summed E-state index contributed by atoms with van der Waals surface area (Å²) >= 11 is 0. The smallest absolute Gasteiger partial charge is 0.346 e. The van der Waals surface area contributed by atoms with Crippen molar-refractivity contribution in [2.45, 2.75) is 38.1 Å². The van der Waals surface area contributed by atoms with Crippen LogP contribution in [0.25, 0.3) is 0 Å². The zero-order chi connectivity index (χ0) is 20.8. The Hall–Kier alpha value is -2.17. The summed E-state index contributed by atoms with van der Waals surface area (Å²) in [6.07, 6.45) is -4.35. The predicted molar refractivity (Wildman–Crippen MR) is 94.5 cm³/mol. The number of aryl methyl sites for hydroxylation is 1. The van der Waals surface area contributed by atoms with E-state index in [4.69, 9.17) is 18.3 Å². The normalized spacial score (nSPS) is 31.6. The van der Waals surface area contributed by atoms with Gasteiger partial charge in [0.25, 0.3) is 5.56 Å². The van der Waals surface area contributed by atoms with E-state index in [9.17, 15) is 22.9 Å². The fourth-order valence-electron chi connectivity index (χ4n) is 3.15. The molecule has 2 saturated heterocycles. The topological polar surface area (TPSA) is 109 Å². The number of hydrogen-bond donors (Lipinski definition) is 1. The minimum absolute atomic E-state index is 0.191. The van der Waals surface area contributed by atoms with Crippen LogP contribution < -0.4 is 11.2 Å². The number of ether oxygens (including phenoxy) is 1. The number of aromatic nitrogens is 2. The molecule has 3 heterocycles. The van der Waals surface area contributed by atoms with Gasteiger partial charge in [0.2, 0.25) is 0 Å². The number of aromatic amines is 1. The van der Waals surface area contributed by atoms with Crippen molar-refractivity contribution in [1.82, 2.24) is 9.55 Å². The van der Waals surface area contributed by atoms with Crippen LogP contribution in [0.1, 0.15) is 17.4 Å². The molecular weight excluding hydrogens is 413 g/mol. The van der Waals surface area contributed by atoms with E-state index in [0.29, 0.717) is 5.56 Å². The Bertz CT molecular complexity index is 1090. The molecule has 0 aliphatic carbocycles. The van der Waals surface area contributed by atoms with Crippen LogP contribution in [0, 0.1) is 12.7 Å². The van der Waals surface area contributed by atoms with Crippen molar-refractivity contribution >= 4 is 7.82 Å². The maximum Gasteiger partial charge on any atom is 0.475 e. The molecule has 2 fully saturated rings. The van der Waals surface area contributed by atoms with Crippen LogP contribution in [0.2, 0.25) is 0 Å². The highest BCUT2D eigenvalue weighted by Crippen LogP contribution is 2.57. The maximum absolute atomic E-state index is 15.0. The van der Waals surface area contributed by atoms with Crippen LogP contribution in [-0.2, 0) is 29.5 Å². The molecule has 0 radical (unpaired) electrons. The number of rotatable bonds is 4. The van der Waals surface area contributed by atoms with E-state index in [1.54, 1.807) is 6.07 Å². The summed E-state index contributed by atoms with van der Waals surface area (Å²) < 4.78 is 62.9. The number of hydrogen-bond acceptors (Lipinski definition) is 7. The van der Waals surface area contributed by atoms with Gasteiger partial charge in [-0.3, -0.25) is 27.9 Å². The Morgan fingerprint density at radius 1 is 1.38 bits per heavy atom. The van der Waals surface area contributed by atoms with E-state index < -0.39 is 49.5 Å². The second kappa shape index (κ2) is 7.58. The molecule has 2 aliphatic rings. The van der Waals surface area contributed by atoms with Crippen LogP contribution in [-0.4, -0.2) is 34.5 Å². The number of nitrogens with zero attached hydrogens (tertiary/aromatic N) is 1. The Morgan fingerprint density at radius 2 is 2.17 bits per heavy atom. The number of fused-ring (bicyclic) bond motifs is 1. The fourth-order valence-corrected chi connectivity index (χ4v) is 4.53. The number of benzene rings is 1. The van der Waals surface area contributed by atoms with Gasteiger partial charge in [0.05, 0.1) is 13.2 Å². The van der Waals surface area contributed by atoms with Gasteiger partial charge in [0.1, 0.15) is 18.0 Å². The Balaban J connectivity index is 1.49. The molecule has 0 saturated carbocycles. The van der Waals surface area contributed by atoms with E-state index in [1.807, 2.05) is 0 Å². The largest absolute Gasteiger partial charge is 0.475 e. The molecule has 9 nitrogen and oxygen atoms in total. The summed E-state index contributed by atoms with van der Waals surface area (Å²) in [6, 6.07) is 5.45. The van der Waals surface area contributed by atoms with E-state index >= 15 is 0 Å². The van der Waals surface area contributed by atoms with Gasteiger partial charge < -0.3 is 4.74 Å². The summed E-state index contributed by atoms with van der Waals surface area (Å²) in [5, 5.41) is 0. The summed E-state index contributed by atoms with van der Waals surface area (Å²) in [5.41, 5.74) is -0.857. The van der Waals surface area contributed by atoms with Crippen LogP contribution in [0.15, 0.2) is 40.1 Å². The summed E-state index contributed by atoms with van der Waals surface area (Å²) in [4.78, 5) is 25.6. The fraction of sp³-hybridized carbons (Fsp3) is 0.412. The predicted octanol–water partition coefficient (Wildman–Crippen LogP) is 1.96. The van der Waals surface area contributed by atoms with Crippen molar-refractivity contribution in [1.29, 1.82) is 0 Å². The molecule has 5 atom stereocenters. The second-order valence-corrected chi connectivity index (χ2v) is 8.33. The molecule has 1 N–H and O–H groups in total. The Kier molecular flexibility index (Phi) is 5.26. The van der Waals surface area contributed by atoms with Gasteiger partial charge in [-0.1, -0.05) is 12.1 Å². The molecule has 0 bridgehead atoms. The summed E-state index contributed by atoms with van der Waals surface area (Å²) in [6.45, 7) is 0.892. The number of phosphoric ester groups is 1. The lowest BCUT2D eigenvalue weighted by Crippen LogP contribution is -2.39. The van der Waals surface area contributed by atoms with Crippen molar-refractivity contribution < 1.29 is 31.7 Å². The monoisotopic (exact) mass is 430 g/mol. The highest BCUT2D eigenvalue weighted by atomic mass is 31.2. The molecule has 0 amide bonds. The van der Waals surface area contributed by atoms with Crippen LogP contribution in [0.3, 0.4) is 0 Å². The van der Waals surface area contributed by atoms with Crippen molar-refractivity contribution in [3.8, 4) is 0 Å². The lowest BCUT2D eigenvalue weighted by molar-refractivity contribution is -0.0730. The van der Waals surface area contributed by atoms with Gasteiger partial charge in [0, 0.05) is 11.8 Å². The number of halogens is 2. The molecule has 1 unspecified atom stereocenters. The highest BCUT2D eigenvalue weighted by Gasteiger charge is 2.54. The first-order valence-corrected chi connectivity index (χ1v) is 10.2. The quantitative estimate of drug-likeness (QED) is 0.739. The number of nitrogens with one attached hydrogen (secondary N) is 1. The van der Waals surface area contributed by atoms with Crippen LogP contribution in [0.5, 0.6) is 0 Å². The minimum atomic E-state index is -4.14. The lowest BCUT2D eigenvalue weighted by atomic mass is 10.1. The molecule has 12 heteroatoms. The number of phosphoric acid groups is 1.